The van der Waals surface area contributed by atoms with Crippen molar-refractivity contribution in [2.45, 2.75) is 61.3 Å². The Morgan fingerprint density at radius 2 is 1.92 bits per heavy atom. The number of carboxylic acid groups (broad SMARTS) is 1. The quantitative estimate of drug-likeness (QED) is 0.812. The standard InChI is InChI=1S/C19H25NO4S/c1-12(25-15-9-7-14(24-2)8-10-15)18(21)20-16-6-4-3-5-13(16)11-17(20)19(22)23/h7-10,12-13,16-17H,3-6,11H2,1-2H3,(H,22,23). The van der Waals surface area contributed by atoms with Crippen molar-refractivity contribution < 1.29 is 19.4 Å². The SMILES string of the molecule is COc1ccc(SC(C)C(=O)N2C(C(=O)O)CC3CCCCC32)cc1. The first-order valence-corrected chi connectivity index (χ1v) is 9.75. The van der Waals surface area contributed by atoms with Crippen molar-refractivity contribution in [3.05, 3.63) is 24.3 Å². The van der Waals surface area contributed by atoms with Gasteiger partial charge in [0.15, 0.2) is 0 Å². The molecule has 1 aromatic carbocycles. The second kappa shape index (κ2) is 7.68. The van der Waals surface area contributed by atoms with Crippen molar-refractivity contribution in [1.29, 1.82) is 0 Å². The largest absolute Gasteiger partial charge is 0.497 e. The Bertz CT molecular complexity index is 633. The van der Waals surface area contributed by atoms with E-state index in [0.717, 1.165) is 36.3 Å². The van der Waals surface area contributed by atoms with E-state index in [2.05, 4.69) is 0 Å². The molecule has 4 unspecified atom stereocenters. The maximum absolute atomic E-state index is 13.1. The van der Waals surface area contributed by atoms with E-state index in [4.69, 9.17) is 4.74 Å². The molecule has 0 bridgehead atoms. The van der Waals surface area contributed by atoms with Gasteiger partial charge in [0.25, 0.3) is 0 Å². The molecule has 136 valence electrons. The summed E-state index contributed by atoms with van der Waals surface area (Å²) in [7, 11) is 1.62. The zero-order chi connectivity index (χ0) is 18.0. The average Bonchev–Trinajstić information content (AvgIpc) is 3.01. The first-order chi connectivity index (χ1) is 12.0. The Morgan fingerprint density at radius 1 is 1.24 bits per heavy atom. The number of carbonyl (C=O) groups is 2. The second-order valence-corrected chi connectivity index (χ2v) is 8.30. The molecule has 1 aliphatic heterocycles. The van der Waals surface area contributed by atoms with E-state index in [9.17, 15) is 14.7 Å². The van der Waals surface area contributed by atoms with Gasteiger partial charge in [-0.3, -0.25) is 4.79 Å². The molecule has 0 aromatic heterocycles. The van der Waals surface area contributed by atoms with E-state index in [1.54, 1.807) is 12.0 Å². The number of hydrogen-bond donors (Lipinski definition) is 1. The van der Waals surface area contributed by atoms with E-state index in [1.165, 1.54) is 11.8 Å². The maximum atomic E-state index is 13.1. The van der Waals surface area contributed by atoms with Crippen molar-refractivity contribution in [3.8, 4) is 5.75 Å². The molecule has 1 saturated carbocycles. The monoisotopic (exact) mass is 363 g/mol. The van der Waals surface area contributed by atoms with Crippen LogP contribution in [0.3, 0.4) is 0 Å². The molecular formula is C19H25NO4S. The summed E-state index contributed by atoms with van der Waals surface area (Å²) in [5.74, 6) is 0.197. The van der Waals surface area contributed by atoms with Gasteiger partial charge in [-0.15, -0.1) is 11.8 Å². The number of nitrogens with zero attached hydrogens (tertiary/aromatic N) is 1. The minimum absolute atomic E-state index is 0.0531. The normalized spacial score (nSPS) is 26.8. The van der Waals surface area contributed by atoms with E-state index >= 15 is 0 Å². The van der Waals surface area contributed by atoms with E-state index < -0.39 is 12.0 Å². The van der Waals surface area contributed by atoms with Crippen LogP contribution in [0.25, 0.3) is 0 Å². The summed E-state index contributed by atoms with van der Waals surface area (Å²) in [6.45, 7) is 1.87. The smallest absolute Gasteiger partial charge is 0.326 e. The number of hydrogen-bond acceptors (Lipinski definition) is 4. The molecule has 1 saturated heterocycles. The minimum atomic E-state index is -0.871. The van der Waals surface area contributed by atoms with Gasteiger partial charge >= 0.3 is 5.97 Å². The van der Waals surface area contributed by atoms with Gasteiger partial charge in [0.2, 0.25) is 5.91 Å². The van der Waals surface area contributed by atoms with Crippen LogP contribution in [0.1, 0.15) is 39.0 Å². The third-order valence-corrected chi connectivity index (χ3v) is 6.45. The fraction of sp³-hybridized carbons (Fsp3) is 0.579. The third-order valence-electron chi connectivity index (χ3n) is 5.35. The zero-order valence-electron chi connectivity index (χ0n) is 14.7. The number of carbonyl (C=O) groups excluding carboxylic acids is 1. The number of methoxy groups -OCH3 is 1. The first-order valence-electron chi connectivity index (χ1n) is 8.87. The molecule has 1 N–H and O–H groups in total. The van der Waals surface area contributed by atoms with Gasteiger partial charge in [-0.2, -0.15) is 0 Å². The lowest BCUT2D eigenvalue weighted by atomic mass is 9.84. The lowest BCUT2D eigenvalue weighted by molar-refractivity contribution is -0.149. The van der Waals surface area contributed by atoms with Crippen LogP contribution in [0.2, 0.25) is 0 Å². The Kier molecular flexibility index (Phi) is 5.57. The molecule has 1 aliphatic carbocycles. The number of fused-ring (bicyclic) bond motifs is 1. The molecule has 6 heteroatoms. The van der Waals surface area contributed by atoms with Crippen LogP contribution in [-0.2, 0) is 9.59 Å². The molecule has 25 heavy (non-hydrogen) atoms. The summed E-state index contributed by atoms with van der Waals surface area (Å²) in [5.41, 5.74) is 0. The molecule has 1 amide bonds. The number of thioether (sulfide) groups is 1. The van der Waals surface area contributed by atoms with Crippen LogP contribution in [-0.4, -0.2) is 46.3 Å². The molecule has 1 aromatic rings. The van der Waals surface area contributed by atoms with Crippen LogP contribution < -0.4 is 4.74 Å². The number of benzene rings is 1. The van der Waals surface area contributed by atoms with Crippen molar-refractivity contribution in [2.75, 3.05) is 7.11 Å². The Morgan fingerprint density at radius 3 is 2.56 bits per heavy atom. The summed E-state index contributed by atoms with van der Waals surface area (Å²) >= 11 is 1.47. The zero-order valence-corrected chi connectivity index (χ0v) is 15.5. The highest BCUT2D eigenvalue weighted by molar-refractivity contribution is 8.00. The minimum Gasteiger partial charge on any atom is -0.497 e. The summed E-state index contributed by atoms with van der Waals surface area (Å²) in [6, 6.07) is 7.02. The van der Waals surface area contributed by atoms with Gasteiger partial charge in [0.05, 0.1) is 12.4 Å². The van der Waals surface area contributed by atoms with Crippen LogP contribution >= 0.6 is 11.8 Å². The Balaban J connectivity index is 1.73. The van der Waals surface area contributed by atoms with Gasteiger partial charge in [0.1, 0.15) is 11.8 Å². The van der Waals surface area contributed by atoms with Crippen molar-refractivity contribution in [1.82, 2.24) is 4.90 Å². The van der Waals surface area contributed by atoms with Crippen molar-refractivity contribution in [3.63, 3.8) is 0 Å². The Hall–Kier alpha value is -1.69. The molecule has 4 atom stereocenters. The molecule has 1 heterocycles. The fourth-order valence-electron chi connectivity index (χ4n) is 4.12. The highest BCUT2D eigenvalue weighted by atomic mass is 32.2. The fourth-order valence-corrected chi connectivity index (χ4v) is 5.04. The van der Waals surface area contributed by atoms with Crippen LogP contribution in [0, 0.1) is 5.92 Å². The van der Waals surface area contributed by atoms with Crippen LogP contribution in [0.15, 0.2) is 29.2 Å². The highest BCUT2D eigenvalue weighted by Gasteiger charge is 2.48. The van der Waals surface area contributed by atoms with Crippen LogP contribution in [0.5, 0.6) is 5.75 Å². The first kappa shape index (κ1) is 18.1. The Labute approximate surface area is 152 Å². The van der Waals surface area contributed by atoms with E-state index in [0.29, 0.717) is 12.3 Å². The number of aliphatic carboxylic acids is 1. The second-order valence-electron chi connectivity index (χ2n) is 6.88. The highest BCUT2D eigenvalue weighted by Crippen LogP contribution is 2.41. The van der Waals surface area contributed by atoms with E-state index in [1.807, 2.05) is 31.2 Å². The number of carboxylic acids is 1. The molecular weight excluding hydrogens is 338 g/mol. The molecule has 2 fully saturated rings. The van der Waals surface area contributed by atoms with Gasteiger partial charge < -0.3 is 14.7 Å². The van der Waals surface area contributed by atoms with Crippen molar-refractivity contribution >= 4 is 23.6 Å². The third kappa shape index (κ3) is 3.78. The van der Waals surface area contributed by atoms with Gasteiger partial charge in [-0.05, 0) is 56.4 Å². The lowest BCUT2D eigenvalue weighted by Crippen LogP contribution is -2.49. The maximum Gasteiger partial charge on any atom is 0.326 e. The lowest BCUT2D eigenvalue weighted by Gasteiger charge is -2.34. The van der Waals surface area contributed by atoms with Crippen LogP contribution in [0.4, 0.5) is 0 Å². The predicted octanol–water partition coefficient (Wildman–Crippen LogP) is 3.42. The summed E-state index contributed by atoms with van der Waals surface area (Å²) < 4.78 is 5.15. The number of amides is 1. The topological polar surface area (TPSA) is 66.8 Å². The number of ether oxygens (including phenoxy) is 1. The summed E-state index contributed by atoms with van der Waals surface area (Å²) in [5, 5.41) is 9.28. The summed E-state index contributed by atoms with van der Waals surface area (Å²) in [6.07, 6.45) is 4.80. The van der Waals surface area contributed by atoms with E-state index in [-0.39, 0.29) is 17.2 Å². The number of likely N-dealkylation sites (tertiary alicyclic amines) is 1. The molecule has 2 aliphatic rings. The molecule has 3 rings (SSSR count). The van der Waals surface area contributed by atoms with Gasteiger partial charge in [-0.25, -0.2) is 4.79 Å². The molecule has 0 radical (unpaired) electrons. The summed E-state index contributed by atoms with van der Waals surface area (Å²) in [4.78, 5) is 27.4. The predicted molar refractivity (Wildman–Crippen MR) is 96.9 cm³/mol. The van der Waals surface area contributed by atoms with Gasteiger partial charge in [0, 0.05) is 10.9 Å². The molecule has 0 spiro atoms. The number of rotatable bonds is 5. The van der Waals surface area contributed by atoms with Crippen molar-refractivity contribution in [2.24, 2.45) is 5.92 Å². The van der Waals surface area contributed by atoms with Gasteiger partial charge in [-0.1, -0.05) is 12.8 Å². The molecule has 5 nitrogen and oxygen atoms in total. The average molecular weight is 363 g/mol.